The highest BCUT2D eigenvalue weighted by molar-refractivity contribution is 7.87. The molecule has 8 rings (SSSR count). The van der Waals surface area contributed by atoms with Crippen LogP contribution < -0.4 is 0 Å². The summed E-state index contributed by atoms with van der Waals surface area (Å²) in [6.45, 7) is 11.8. The van der Waals surface area contributed by atoms with Gasteiger partial charge in [-0.1, -0.05) is 52.0 Å². The van der Waals surface area contributed by atoms with E-state index in [4.69, 9.17) is 8.37 Å². The Hall–Kier alpha value is -1.82. The Morgan fingerprint density at radius 1 is 0.605 bits per heavy atom. The first-order valence-electron chi connectivity index (χ1n) is 15.3. The molecule has 2 N–H and O–H groups in total. The van der Waals surface area contributed by atoms with Crippen LogP contribution in [0.5, 0.6) is 0 Å². The van der Waals surface area contributed by atoms with Gasteiger partial charge in [0, 0.05) is 0 Å². The van der Waals surface area contributed by atoms with E-state index in [0.717, 1.165) is 24.0 Å². The molecule has 0 radical (unpaired) electrons. The standard InChI is InChI=1S/C33H44O8S2/c1-30(2)22-16-26(30)32(5,34)28(18-22)40-42(36,37)24-11-7-20(8-12-24)15-21-9-13-25(14-10-21)43(38,39)41-29-19-23-17-27(31(23,3)4)33(29,6)35/h7-14,22-23,26-29,34-35H,15-19H2,1-6H3. The van der Waals surface area contributed by atoms with Crippen molar-refractivity contribution >= 4 is 20.2 Å². The Kier molecular flexibility index (Phi) is 7.13. The lowest BCUT2D eigenvalue weighted by atomic mass is 9.43. The van der Waals surface area contributed by atoms with Crippen LogP contribution in [0.25, 0.3) is 0 Å². The van der Waals surface area contributed by atoms with Crippen LogP contribution in [0.15, 0.2) is 58.3 Å². The number of rotatable bonds is 8. The first-order valence-corrected chi connectivity index (χ1v) is 18.1. The van der Waals surface area contributed by atoms with Gasteiger partial charge >= 0.3 is 0 Å². The predicted molar refractivity (Wildman–Crippen MR) is 161 cm³/mol. The molecular formula is C33H44O8S2. The molecule has 0 amide bonds. The number of hydrogen-bond donors (Lipinski definition) is 2. The second kappa shape index (κ2) is 9.84. The fraction of sp³-hybridized carbons (Fsp3) is 0.636. The van der Waals surface area contributed by atoms with E-state index in [-0.39, 0.29) is 32.5 Å². The Morgan fingerprint density at radius 3 is 1.21 bits per heavy atom. The molecule has 8 unspecified atom stereocenters. The van der Waals surface area contributed by atoms with Crippen molar-refractivity contribution < 1.29 is 35.4 Å². The van der Waals surface area contributed by atoms with Gasteiger partial charge in [0.2, 0.25) is 0 Å². The average Bonchev–Trinajstić information content (AvgIpc) is 2.90. The third-order valence-corrected chi connectivity index (χ3v) is 14.6. The summed E-state index contributed by atoms with van der Waals surface area (Å²) in [7, 11) is -8.14. The lowest BCUT2D eigenvalue weighted by Gasteiger charge is -2.64. The van der Waals surface area contributed by atoms with Crippen LogP contribution in [0, 0.1) is 34.5 Å². The van der Waals surface area contributed by atoms with E-state index in [1.54, 1.807) is 38.1 Å². The summed E-state index contributed by atoms with van der Waals surface area (Å²) in [6, 6.07) is 12.8. The minimum absolute atomic E-state index is 0.00522. The molecule has 2 aromatic rings. The van der Waals surface area contributed by atoms with Gasteiger partial charge in [-0.2, -0.15) is 16.8 Å². The molecule has 2 aromatic carbocycles. The molecule has 4 bridgehead atoms. The van der Waals surface area contributed by atoms with Gasteiger partial charge in [-0.15, -0.1) is 0 Å². The van der Waals surface area contributed by atoms with Gasteiger partial charge in [-0.25, -0.2) is 0 Å². The number of benzene rings is 2. The van der Waals surface area contributed by atoms with Crippen molar-refractivity contribution in [3.8, 4) is 0 Å². The molecule has 6 aliphatic rings. The number of hydrogen-bond acceptors (Lipinski definition) is 8. The average molecular weight is 633 g/mol. The maximum atomic E-state index is 13.1. The summed E-state index contributed by atoms with van der Waals surface area (Å²) < 4.78 is 63.6. The third kappa shape index (κ3) is 5.00. The Labute approximate surface area is 256 Å². The summed E-state index contributed by atoms with van der Waals surface area (Å²) in [5.74, 6) is 0.644. The van der Waals surface area contributed by atoms with Crippen molar-refractivity contribution in [2.45, 2.75) is 107 Å². The molecule has 6 saturated carbocycles. The van der Waals surface area contributed by atoms with Crippen molar-refractivity contribution in [1.82, 2.24) is 0 Å². The number of fused-ring (bicyclic) bond motifs is 4. The van der Waals surface area contributed by atoms with Gasteiger partial charge in [-0.3, -0.25) is 8.37 Å². The molecule has 8 nitrogen and oxygen atoms in total. The van der Waals surface area contributed by atoms with Crippen LogP contribution in [-0.2, 0) is 35.0 Å². The molecule has 0 aromatic heterocycles. The Bertz CT molecular complexity index is 1480. The van der Waals surface area contributed by atoms with Gasteiger partial charge in [0.1, 0.15) is 12.2 Å². The molecule has 0 spiro atoms. The van der Waals surface area contributed by atoms with Gasteiger partial charge in [0.25, 0.3) is 20.2 Å². The molecule has 0 saturated heterocycles. The van der Waals surface area contributed by atoms with E-state index < -0.39 is 43.6 Å². The van der Waals surface area contributed by atoms with Gasteiger partial charge in [0.05, 0.1) is 21.0 Å². The fourth-order valence-electron chi connectivity index (χ4n) is 8.73. The lowest BCUT2D eigenvalue weighted by Crippen LogP contribution is -2.67. The normalized spacial score (nSPS) is 37.7. The first-order chi connectivity index (χ1) is 19.8. The highest BCUT2D eigenvalue weighted by atomic mass is 32.2. The van der Waals surface area contributed by atoms with Crippen LogP contribution in [-0.4, -0.2) is 50.5 Å². The van der Waals surface area contributed by atoms with E-state index in [9.17, 15) is 27.0 Å². The van der Waals surface area contributed by atoms with Gasteiger partial charge in [-0.05, 0) is 116 Å². The monoisotopic (exact) mass is 632 g/mol. The van der Waals surface area contributed by atoms with Crippen molar-refractivity contribution in [3.63, 3.8) is 0 Å². The van der Waals surface area contributed by atoms with Crippen molar-refractivity contribution in [1.29, 1.82) is 0 Å². The zero-order valence-electron chi connectivity index (χ0n) is 25.8. The van der Waals surface area contributed by atoms with Crippen molar-refractivity contribution in [2.24, 2.45) is 34.5 Å². The predicted octanol–water partition coefficient (Wildman–Crippen LogP) is 5.06. The molecule has 8 atom stereocenters. The SMILES string of the molecule is CC1(C)C2CC(OS(=O)(=O)c3ccc(Cc4ccc(S(=O)(=O)OC5CC6CC(C6(C)C)C5(C)O)cc4)cc3)C(C)(O)C1C2. The Morgan fingerprint density at radius 2 is 0.930 bits per heavy atom. The zero-order chi connectivity index (χ0) is 31.4. The third-order valence-electron chi connectivity index (χ3n) is 12.0. The van der Waals surface area contributed by atoms with Gasteiger partial charge in [0.15, 0.2) is 0 Å². The molecule has 236 valence electrons. The topological polar surface area (TPSA) is 127 Å². The smallest absolute Gasteiger partial charge is 0.297 e. The summed E-state index contributed by atoms with van der Waals surface area (Å²) >= 11 is 0. The van der Waals surface area contributed by atoms with E-state index in [1.165, 1.54) is 24.3 Å². The summed E-state index contributed by atoms with van der Waals surface area (Å²) in [6.07, 6.45) is 1.68. The van der Waals surface area contributed by atoms with Crippen LogP contribution >= 0.6 is 0 Å². The van der Waals surface area contributed by atoms with E-state index in [0.29, 0.717) is 31.1 Å². The molecular weight excluding hydrogens is 588 g/mol. The minimum Gasteiger partial charge on any atom is -0.387 e. The minimum atomic E-state index is -4.07. The first kappa shape index (κ1) is 31.2. The fourth-order valence-corrected chi connectivity index (χ4v) is 11.1. The summed E-state index contributed by atoms with van der Waals surface area (Å²) in [4.78, 5) is 0.0625. The highest BCUT2D eigenvalue weighted by Gasteiger charge is 2.65. The van der Waals surface area contributed by atoms with E-state index >= 15 is 0 Å². The maximum absolute atomic E-state index is 13.1. The molecule has 43 heavy (non-hydrogen) atoms. The van der Waals surface area contributed by atoms with E-state index in [1.807, 2.05) is 0 Å². The van der Waals surface area contributed by atoms with Crippen LogP contribution in [0.3, 0.4) is 0 Å². The second-order valence-corrected chi connectivity index (χ2v) is 18.2. The quantitative estimate of drug-likeness (QED) is 0.387. The number of aliphatic hydroxyl groups is 2. The second-order valence-electron chi connectivity index (χ2n) is 15.1. The maximum Gasteiger partial charge on any atom is 0.297 e. The largest absolute Gasteiger partial charge is 0.387 e. The molecule has 0 heterocycles. The van der Waals surface area contributed by atoms with Gasteiger partial charge < -0.3 is 10.2 Å². The molecule has 0 aliphatic heterocycles. The highest BCUT2D eigenvalue weighted by Crippen LogP contribution is 2.64. The van der Waals surface area contributed by atoms with Crippen LogP contribution in [0.2, 0.25) is 0 Å². The Balaban J connectivity index is 1.08. The molecule has 6 aliphatic carbocycles. The van der Waals surface area contributed by atoms with E-state index in [2.05, 4.69) is 27.7 Å². The lowest BCUT2D eigenvalue weighted by molar-refractivity contribution is -0.237. The molecule has 6 fully saturated rings. The zero-order valence-corrected chi connectivity index (χ0v) is 27.4. The molecule has 10 heteroatoms. The van der Waals surface area contributed by atoms with Crippen LogP contribution in [0.4, 0.5) is 0 Å². The summed E-state index contributed by atoms with van der Waals surface area (Å²) in [5, 5.41) is 22.3. The van der Waals surface area contributed by atoms with Crippen LogP contribution in [0.1, 0.15) is 78.4 Å². The van der Waals surface area contributed by atoms with Crippen molar-refractivity contribution in [3.05, 3.63) is 59.7 Å². The summed E-state index contributed by atoms with van der Waals surface area (Å²) in [5.41, 5.74) is -0.809. The van der Waals surface area contributed by atoms with Crippen molar-refractivity contribution in [2.75, 3.05) is 0 Å².